The highest BCUT2D eigenvalue weighted by Gasteiger charge is 2.23. The van der Waals surface area contributed by atoms with Crippen LogP contribution < -0.4 is 10.2 Å². The molecule has 0 aromatic carbocycles. The van der Waals surface area contributed by atoms with Crippen molar-refractivity contribution < 1.29 is 0 Å². The highest BCUT2D eigenvalue weighted by molar-refractivity contribution is 7.98. The van der Waals surface area contributed by atoms with Crippen molar-refractivity contribution in [1.29, 1.82) is 0 Å². The van der Waals surface area contributed by atoms with Crippen LogP contribution in [0.5, 0.6) is 0 Å². The number of aromatic nitrogens is 2. The van der Waals surface area contributed by atoms with Gasteiger partial charge < -0.3 is 10.2 Å². The number of rotatable bonds is 6. The first-order valence-corrected chi connectivity index (χ1v) is 9.28. The molecule has 21 heavy (non-hydrogen) atoms. The summed E-state index contributed by atoms with van der Waals surface area (Å²) in [5.41, 5.74) is 0. The highest BCUT2D eigenvalue weighted by Crippen LogP contribution is 2.28. The molecule has 1 aromatic heterocycles. The van der Waals surface area contributed by atoms with Gasteiger partial charge in [0.05, 0.1) is 0 Å². The predicted octanol–water partition coefficient (Wildman–Crippen LogP) is 3.89. The van der Waals surface area contributed by atoms with Crippen molar-refractivity contribution in [3.8, 4) is 0 Å². The lowest BCUT2D eigenvalue weighted by Crippen LogP contribution is -2.35. The molecule has 0 amide bonds. The summed E-state index contributed by atoms with van der Waals surface area (Å²) in [4.78, 5) is 11.6. The van der Waals surface area contributed by atoms with E-state index in [1.54, 1.807) is 11.8 Å². The topological polar surface area (TPSA) is 41.0 Å². The summed E-state index contributed by atoms with van der Waals surface area (Å²) in [6.07, 6.45) is 5.68. The molecule has 0 bridgehead atoms. The third-order valence-electron chi connectivity index (χ3n) is 4.24. The average Bonchev–Trinajstić information content (AvgIpc) is 2.52. The summed E-state index contributed by atoms with van der Waals surface area (Å²) in [6, 6.07) is 2.10. The summed E-state index contributed by atoms with van der Waals surface area (Å²) in [5, 5.41) is 4.24. The molecule has 1 saturated heterocycles. The molecular weight excluding hydrogens is 280 g/mol. The number of thioether (sulfide) groups is 1. The van der Waals surface area contributed by atoms with Crippen LogP contribution in [0.2, 0.25) is 0 Å². The van der Waals surface area contributed by atoms with E-state index < -0.39 is 0 Å². The van der Waals surface area contributed by atoms with Crippen molar-refractivity contribution in [2.24, 2.45) is 11.8 Å². The fraction of sp³-hybridized carbons (Fsp3) is 0.750. The molecule has 2 rings (SSSR count). The summed E-state index contributed by atoms with van der Waals surface area (Å²) < 4.78 is 0. The Balaban J connectivity index is 2.08. The Hall–Kier alpha value is -0.970. The zero-order valence-corrected chi connectivity index (χ0v) is 14.5. The summed E-state index contributed by atoms with van der Waals surface area (Å²) in [6.45, 7) is 10.0. The maximum absolute atomic E-state index is 4.69. The van der Waals surface area contributed by atoms with Crippen LogP contribution in [0.1, 0.15) is 40.0 Å². The summed E-state index contributed by atoms with van der Waals surface area (Å²) in [7, 11) is 0. The van der Waals surface area contributed by atoms with Gasteiger partial charge in [0.25, 0.3) is 0 Å². The van der Waals surface area contributed by atoms with Gasteiger partial charge in [-0.05, 0) is 37.4 Å². The van der Waals surface area contributed by atoms with Crippen molar-refractivity contribution in [1.82, 2.24) is 9.97 Å². The van der Waals surface area contributed by atoms with E-state index in [2.05, 4.69) is 42.0 Å². The molecule has 4 nitrogen and oxygen atoms in total. The smallest absolute Gasteiger partial charge is 0.191 e. The molecule has 1 aliphatic heterocycles. The van der Waals surface area contributed by atoms with Gasteiger partial charge in [-0.1, -0.05) is 32.5 Å². The minimum atomic E-state index is 0.793. The van der Waals surface area contributed by atoms with E-state index in [0.29, 0.717) is 0 Å². The number of hydrogen-bond donors (Lipinski definition) is 1. The SMILES string of the molecule is CCCNc1cc(N2CCC(C(C)C)CC2)nc(SC)n1. The molecule has 1 fully saturated rings. The predicted molar refractivity (Wildman–Crippen MR) is 92.4 cm³/mol. The van der Waals surface area contributed by atoms with Gasteiger partial charge in [-0.2, -0.15) is 0 Å². The Bertz CT molecular complexity index is 442. The first-order valence-electron chi connectivity index (χ1n) is 8.06. The molecule has 0 spiro atoms. The van der Waals surface area contributed by atoms with E-state index in [1.165, 1.54) is 12.8 Å². The van der Waals surface area contributed by atoms with Crippen molar-refractivity contribution in [2.75, 3.05) is 36.1 Å². The normalized spacial score (nSPS) is 16.5. The quantitative estimate of drug-likeness (QED) is 0.638. The minimum absolute atomic E-state index is 0.793. The lowest BCUT2D eigenvalue weighted by molar-refractivity contribution is 0.310. The van der Waals surface area contributed by atoms with Gasteiger partial charge in [0.15, 0.2) is 5.16 Å². The van der Waals surface area contributed by atoms with Crippen molar-refractivity contribution in [3.63, 3.8) is 0 Å². The fourth-order valence-corrected chi connectivity index (χ4v) is 3.18. The molecular formula is C16H28N4S. The second-order valence-corrected chi connectivity index (χ2v) is 6.87. The van der Waals surface area contributed by atoms with Gasteiger partial charge in [0, 0.05) is 25.7 Å². The molecule has 1 N–H and O–H groups in total. The van der Waals surface area contributed by atoms with Crippen LogP contribution in [0.15, 0.2) is 11.2 Å². The van der Waals surface area contributed by atoms with Crippen LogP contribution in [0, 0.1) is 11.8 Å². The van der Waals surface area contributed by atoms with Crippen molar-refractivity contribution >= 4 is 23.4 Å². The van der Waals surface area contributed by atoms with Crippen molar-refractivity contribution in [2.45, 2.75) is 45.2 Å². The molecule has 0 aliphatic carbocycles. The van der Waals surface area contributed by atoms with Crippen LogP contribution in [0.25, 0.3) is 0 Å². The average molecular weight is 308 g/mol. The third kappa shape index (κ3) is 4.50. The molecule has 5 heteroatoms. The van der Waals surface area contributed by atoms with Gasteiger partial charge in [0.2, 0.25) is 0 Å². The van der Waals surface area contributed by atoms with E-state index >= 15 is 0 Å². The molecule has 118 valence electrons. The zero-order chi connectivity index (χ0) is 15.2. The number of anilines is 2. The molecule has 0 saturated carbocycles. The molecule has 0 radical (unpaired) electrons. The fourth-order valence-electron chi connectivity index (χ4n) is 2.81. The van der Waals surface area contributed by atoms with Gasteiger partial charge in [-0.3, -0.25) is 0 Å². The van der Waals surface area contributed by atoms with Gasteiger partial charge in [-0.25, -0.2) is 9.97 Å². The van der Waals surface area contributed by atoms with Crippen LogP contribution in [-0.2, 0) is 0 Å². The highest BCUT2D eigenvalue weighted by atomic mass is 32.2. The standard InChI is InChI=1S/C16H28N4S/c1-5-8-17-14-11-15(19-16(18-14)21-4)20-9-6-13(7-10-20)12(2)3/h11-13H,5-10H2,1-4H3,(H,17,18,19). The number of nitrogens with one attached hydrogen (secondary N) is 1. The van der Waals surface area contributed by atoms with Crippen LogP contribution in [0.4, 0.5) is 11.6 Å². The summed E-state index contributed by atoms with van der Waals surface area (Å²) >= 11 is 1.61. The maximum Gasteiger partial charge on any atom is 0.191 e. The Morgan fingerprint density at radius 1 is 1.33 bits per heavy atom. The second kappa shape index (κ2) is 7.87. The Morgan fingerprint density at radius 2 is 2.05 bits per heavy atom. The van der Waals surface area contributed by atoms with Gasteiger partial charge in [-0.15, -0.1) is 0 Å². The zero-order valence-electron chi connectivity index (χ0n) is 13.7. The number of hydrogen-bond acceptors (Lipinski definition) is 5. The first-order chi connectivity index (χ1) is 10.1. The number of piperidine rings is 1. The maximum atomic E-state index is 4.69. The molecule has 1 aromatic rings. The van der Waals surface area contributed by atoms with Crippen molar-refractivity contribution in [3.05, 3.63) is 6.07 Å². The molecule has 1 aliphatic rings. The van der Waals surface area contributed by atoms with Crippen LogP contribution >= 0.6 is 11.8 Å². The van der Waals surface area contributed by atoms with E-state index in [1.807, 2.05) is 6.26 Å². The van der Waals surface area contributed by atoms with Crippen LogP contribution in [0.3, 0.4) is 0 Å². The van der Waals surface area contributed by atoms with Crippen LogP contribution in [-0.4, -0.2) is 35.9 Å². The summed E-state index contributed by atoms with van der Waals surface area (Å²) in [5.74, 6) is 3.69. The lowest BCUT2D eigenvalue weighted by atomic mass is 9.87. The Morgan fingerprint density at radius 3 is 2.62 bits per heavy atom. The van der Waals surface area contributed by atoms with E-state index in [0.717, 1.165) is 54.7 Å². The van der Waals surface area contributed by atoms with Gasteiger partial charge in [0.1, 0.15) is 11.6 Å². The first kappa shape index (κ1) is 16.4. The third-order valence-corrected chi connectivity index (χ3v) is 4.78. The largest absolute Gasteiger partial charge is 0.370 e. The van der Waals surface area contributed by atoms with E-state index in [-0.39, 0.29) is 0 Å². The molecule has 0 unspecified atom stereocenters. The molecule has 2 heterocycles. The lowest BCUT2D eigenvalue weighted by Gasteiger charge is -2.34. The van der Waals surface area contributed by atoms with E-state index in [9.17, 15) is 0 Å². The van der Waals surface area contributed by atoms with Gasteiger partial charge >= 0.3 is 0 Å². The second-order valence-electron chi connectivity index (χ2n) is 6.09. The Labute approximate surface area is 133 Å². The number of nitrogens with zero attached hydrogens (tertiary/aromatic N) is 3. The minimum Gasteiger partial charge on any atom is -0.370 e. The molecule has 0 atom stereocenters. The Kier molecular flexibility index (Phi) is 6.15. The monoisotopic (exact) mass is 308 g/mol. The van der Waals surface area contributed by atoms with E-state index in [4.69, 9.17) is 4.98 Å².